The minimum absolute atomic E-state index is 0.300. The van der Waals surface area contributed by atoms with E-state index in [1.54, 1.807) is 24.3 Å². The topological polar surface area (TPSA) is 63.6 Å². The molecule has 0 fully saturated rings. The lowest BCUT2D eigenvalue weighted by atomic mass is 10.3. The number of hydrogen-bond donors (Lipinski definition) is 1. The van der Waals surface area contributed by atoms with Crippen LogP contribution in [0.5, 0.6) is 5.75 Å². The molecule has 75 valence electrons. The maximum atomic E-state index is 10.4. The van der Waals surface area contributed by atoms with E-state index in [1.807, 2.05) is 0 Å². The number of carboxylic acid groups (broad SMARTS) is 1. The first-order valence-electron chi connectivity index (χ1n) is 3.86. The molecule has 1 aromatic rings. The maximum absolute atomic E-state index is 10.4. The predicted molar refractivity (Wildman–Crippen MR) is 49.9 cm³/mol. The lowest BCUT2D eigenvalue weighted by molar-refractivity contribution is -0.134. The van der Waals surface area contributed by atoms with Crippen molar-refractivity contribution in [2.75, 3.05) is 0 Å². The molecular formula is C10H11O4. The number of carbonyl (C=O) groups is 2. The summed E-state index contributed by atoms with van der Waals surface area (Å²) in [5, 5.41) is 7.42. The molecule has 0 spiro atoms. The Balaban J connectivity index is 0.000000364. The third-order valence-electron chi connectivity index (χ3n) is 0.949. The number of carboxylic acids is 1. The van der Waals surface area contributed by atoms with E-state index >= 15 is 0 Å². The normalized spacial score (nSPS) is 8.14. The van der Waals surface area contributed by atoms with Gasteiger partial charge in [-0.05, 0) is 18.2 Å². The summed E-state index contributed by atoms with van der Waals surface area (Å²) in [4.78, 5) is 19.4. The Morgan fingerprint density at radius 3 is 2.07 bits per heavy atom. The summed E-state index contributed by atoms with van der Waals surface area (Å²) in [6.07, 6.45) is 0. The van der Waals surface area contributed by atoms with Crippen LogP contribution >= 0.6 is 0 Å². The first-order valence-corrected chi connectivity index (χ1v) is 3.86. The summed E-state index contributed by atoms with van der Waals surface area (Å²) < 4.78 is 4.76. The van der Waals surface area contributed by atoms with Crippen LogP contribution in [0.2, 0.25) is 0 Å². The number of ether oxygens (including phenoxy) is 1. The molecule has 0 bridgehead atoms. The standard InChI is InChI=1S/C8H7O2.C2H4O2/c1-7(9)10-8-5-3-2-4-6-8;1-2(3)4/h3-6H,1H3;1H3,(H,3,4). The SMILES string of the molecule is CC(=O)O.CC(=O)Oc1cc[c]cc1. The van der Waals surface area contributed by atoms with Gasteiger partial charge in [0.05, 0.1) is 0 Å². The Kier molecular flexibility index (Phi) is 5.78. The van der Waals surface area contributed by atoms with E-state index in [4.69, 9.17) is 14.6 Å². The van der Waals surface area contributed by atoms with Crippen molar-refractivity contribution in [2.45, 2.75) is 13.8 Å². The molecule has 14 heavy (non-hydrogen) atoms. The number of benzene rings is 1. The lowest BCUT2D eigenvalue weighted by Gasteiger charge is -1.97. The van der Waals surface area contributed by atoms with Gasteiger partial charge in [-0.3, -0.25) is 9.59 Å². The molecule has 0 amide bonds. The van der Waals surface area contributed by atoms with Crippen molar-refractivity contribution in [1.82, 2.24) is 0 Å². The van der Waals surface area contributed by atoms with Gasteiger partial charge < -0.3 is 9.84 Å². The van der Waals surface area contributed by atoms with E-state index in [9.17, 15) is 4.79 Å². The van der Waals surface area contributed by atoms with Gasteiger partial charge in [0.15, 0.2) is 0 Å². The van der Waals surface area contributed by atoms with Gasteiger partial charge in [-0.2, -0.15) is 0 Å². The third-order valence-corrected chi connectivity index (χ3v) is 0.949. The van der Waals surface area contributed by atoms with Crippen LogP contribution in [0.4, 0.5) is 0 Å². The second kappa shape index (κ2) is 6.65. The minimum Gasteiger partial charge on any atom is -0.481 e. The van der Waals surface area contributed by atoms with Gasteiger partial charge in [-0.1, -0.05) is 12.1 Å². The molecule has 1 aromatic carbocycles. The molecular weight excluding hydrogens is 184 g/mol. The van der Waals surface area contributed by atoms with E-state index in [-0.39, 0.29) is 5.97 Å². The molecule has 0 aliphatic carbocycles. The summed E-state index contributed by atoms with van der Waals surface area (Å²) in [5.74, 6) is -0.572. The Labute approximate surface area is 82.1 Å². The summed E-state index contributed by atoms with van der Waals surface area (Å²) in [6, 6.07) is 9.56. The number of esters is 1. The summed E-state index contributed by atoms with van der Waals surface area (Å²) in [7, 11) is 0. The van der Waals surface area contributed by atoms with Gasteiger partial charge in [-0.25, -0.2) is 0 Å². The largest absolute Gasteiger partial charge is 0.481 e. The first kappa shape index (κ1) is 12.2. The Bertz CT molecular complexity index is 288. The van der Waals surface area contributed by atoms with Crippen molar-refractivity contribution >= 4 is 11.9 Å². The van der Waals surface area contributed by atoms with Crippen molar-refractivity contribution in [1.29, 1.82) is 0 Å². The van der Waals surface area contributed by atoms with Gasteiger partial charge in [0.2, 0.25) is 0 Å². The summed E-state index contributed by atoms with van der Waals surface area (Å²) in [5.41, 5.74) is 0. The fourth-order valence-corrected chi connectivity index (χ4v) is 0.606. The van der Waals surface area contributed by atoms with E-state index in [0.29, 0.717) is 5.75 Å². The van der Waals surface area contributed by atoms with Crippen LogP contribution < -0.4 is 4.74 Å². The minimum atomic E-state index is -0.833. The van der Waals surface area contributed by atoms with Crippen molar-refractivity contribution in [3.05, 3.63) is 30.3 Å². The molecule has 1 N–H and O–H groups in total. The van der Waals surface area contributed by atoms with Crippen LogP contribution in [-0.2, 0) is 9.59 Å². The van der Waals surface area contributed by atoms with Crippen LogP contribution in [0.25, 0.3) is 0 Å². The van der Waals surface area contributed by atoms with E-state index in [0.717, 1.165) is 6.92 Å². The molecule has 4 heteroatoms. The molecule has 0 unspecified atom stereocenters. The highest BCUT2D eigenvalue weighted by atomic mass is 16.5. The van der Waals surface area contributed by atoms with Crippen LogP contribution in [0.3, 0.4) is 0 Å². The zero-order valence-corrected chi connectivity index (χ0v) is 7.98. The third kappa shape index (κ3) is 8.26. The molecule has 0 atom stereocenters. The second-order valence-corrected chi connectivity index (χ2v) is 2.35. The molecule has 1 rings (SSSR count). The average molecular weight is 195 g/mol. The molecule has 0 aliphatic rings. The van der Waals surface area contributed by atoms with E-state index < -0.39 is 5.97 Å². The van der Waals surface area contributed by atoms with Gasteiger partial charge in [0.1, 0.15) is 5.75 Å². The quantitative estimate of drug-likeness (QED) is 0.544. The summed E-state index contributed by atoms with van der Waals surface area (Å²) in [6.45, 7) is 2.46. The zero-order valence-electron chi connectivity index (χ0n) is 7.98. The molecule has 0 saturated heterocycles. The zero-order chi connectivity index (χ0) is 11.0. The molecule has 0 heterocycles. The number of rotatable bonds is 1. The lowest BCUT2D eigenvalue weighted by Crippen LogP contribution is -2.00. The number of aliphatic carboxylic acids is 1. The van der Waals surface area contributed by atoms with Gasteiger partial charge in [-0.15, -0.1) is 0 Å². The molecule has 0 saturated carbocycles. The fourth-order valence-electron chi connectivity index (χ4n) is 0.606. The Hall–Kier alpha value is -1.84. The smallest absolute Gasteiger partial charge is 0.308 e. The van der Waals surface area contributed by atoms with Crippen molar-refractivity contribution in [3.63, 3.8) is 0 Å². The van der Waals surface area contributed by atoms with Crippen LogP contribution in [-0.4, -0.2) is 17.0 Å². The molecule has 4 nitrogen and oxygen atoms in total. The maximum Gasteiger partial charge on any atom is 0.308 e. The highest BCUT2D eigenvalue weighted by molar-refractivity contribution is 5.69. The monoisotopic (exact) mass is 195 g/mol. The average Bonchev–Trinajstić information content (AvgIpc) is 2.03. The first-order chi connectivity index (χ1) is 6.52. The van der Waals surface area contributed by atoms with Crippen molar-refractivity contribution < 1.29 is 19.4 Å². The molecule has 0 aliphatic heterocycles. The van der Waals surface area contributed by atoms with Gasteiger partial charge in [0, 0.05) is 13.8 Å². The molecule has 0 aromatic heterocycles. The number of hydrogen-bond acceptors (Lipinski definition) is 3. The second-order valence-electron chi connectivity index (χ2n) is 2.35. The van der Waals surface area contributed by atoms with E-state index in [1.165, 1.54) is 6.92 Å². The van der Waals surface area contributed by atoms with Crippen molar-refractivity contribution in [3.8, 4) is 5.75 Å². The van der Waals surface area contributed by atoms with Gasteiger partial charge in [0.25, 0.3) is 5.97 Å². The highest BCUT2D eigenvalue weighted by Gasteiger charge is 1.93. The van der Waals surface area contributed by atoms with E-state index in [2.05, 4.69) is 6.07 Å². The predicted octanol–water partition coefficient (Wildman–Crippen LogP) is 1.50. The van der Waals surface area contributed by atoms with Gasteiger partial charge >= 0.3 is 5.97 Å². The van der Waals surface area contributed by atoms with Crippen molar-refractivity contribution in [2.24, 2.45) is 0 Å². The highest BCUT2D eigenvalue weighted by Crippen LogP contribution is 2.07. The number of carbonyl (C=O) groups excluding carboxylic acids is 1. The summed E-state index contributed by atoms with van der Waals surface area (Å²) >= 11 is 0. The molecule has 1 radical (unpaired) electrons. The van der Waals surface area contributed by atoms with Crippen LogP contribution in [0.15, 0.2) is 24.3 Å². The Morgan fingerprint density at radius 2 is 1.71 bits per heavy atom. The Morgan fingerprint density at radius 1 is 1.29 bits per heavy atom. The van der Waals surface area contributed by atoms with Crippen LogP contribution in [0, 0.1) is 6.07 Å². The van der Waals surface area contributed by atoms with Crippen LogP contribution in [0.1, 0.15) is 13.8 Å². The fraction of sp³-hybridized carbons (Fsp3) is 0.200.